The molecule has 29 heavy (non-hydrogen) atoms. The van der Waals surface area contributed by atoms with Gasteiger partial charge in [0.2, 0.25) is 5.91 Å². The zero-order valence-corrected chi connectivity index (χ0v) is 15.8. The molecule has 154 valence electrons. The number of hydrogen-bond donors (Lipinski definition) is 1. The maximum Gasteiger partial charge on any atom is 0.417 e. The SMILES string of the molecule is C[C@]12O[C@@]3(CCO[C@@]4(C)[C@@H]3[C@@H]1C(=O)N4c1ccc(C#N)c(C(F)(F)F)c1)C[C@H]2O. The Morgan fingerprint density at radius 2 is 2.07 bits per heavy atom. The summed E-state index contributed by atoms with van der Waals surface area (Å²) in [6.45, 7) is 3.65. The summed E-state index contributed by atoms with van der Waals surface area (Å²) in [7, 11) is 0. The lowest BCUT2D eigenvalue weighted by atomic mass is 9.62. The van der Waals surface area contributed by atoms with Crippen molar-refractivity contribution in [3.05, 3.63) is 29.3 Å². The summed E-state index contributed by atoms with van der Waals surface area (Å²) in [4.78, 5) is 14.8. The number of aliphatic hydroxyl groups is 1. The second kappa shape index (κ2) is 5.31. The van der Waals surface area contributed by atoms with E-state index >= 15 is 0 Å². The van der Waals surface area contributed by atoms with Crippen LogP contribution < -0.4 is 4.90 Å². The molecule has 0 aromatic heterocycles. The Morgan fingerprint density at radius 1 is 1.34 bits per heavy atom. The van der Waals surface area contributed by atoms with E-state index in [1.54, 1.807) is 19.9 Å². The fourth-order valence-corrected chi connectivity index (χ4v) is 6.14. The van der Waals surface area contributed by atoms with E-state index < -0.39 is 58.1 Å². The van der Waals surface area contributed by atoms with E-state index in [-0.39, 0.29) is 12.3 Å². The monoisotopic (exact) mass is 408 g/mol. The molecule has 0 unspecified atom stereocenters. The van der Waals surface area contributed by atoms with Crippen molar-refractivity contribution >= 4 is 11.6 Å². The van der Waals surface area contributed by atoms with Crippen molar-refractivity contribution in [1.29, 1.82) is 5.26 Å². The van der Waals surface area contributed by atoms with Crippen LogP contribution in [0, 0.1) is 23.2 Å². The van der Waals surface area contributed by atoms with Crippen molar-refractivity contribution in [3.63, 3.8) is 0 Å². The lowest BCUT2D eigenvalue weighted by Gasteiger charge is -2.49. The second-order valence-corrected chi connectivity index (χ2v) is 8.69. The number of ether oxygens (including phenoxy) is 2. The molecular formula is C20H19F3N2O4. The van der Waals surface area contributed by atoms with Crippen molar-refractivity contribution < 1.29 is 32.5 Å². The number of anilines is 1. The number of carbonyl (C=O) groups is 1. The molecule has 1 aromatic rings. The van der Waals surface area contributed by atoms with E-state index in [0.717, 1.165) is 12.1 Å². The first-order valence-corrected chi connectivity index (χ1v) is 9.45. The maximum atomic E-state index is 13.5. The van der Waals surface area contributed by atoms with Crippen LogP contribution in [-0.4, -0.2) is 40.7 Å². The molecule has 9 heteroatoms. The van der Waals surface area contributed by atoms with Gasteiger partial charge in [0.05, 0.1) is 47.3 Å². The first-order chi connectivity index (χ1) is 13.5. The number of alkyl halides is 3. The van der Waals surface area contributed by atoms with Crippen LogP contribution in [0.15, 0.2) is 18.2 Å². The molecular weight excluding hydrogens is 389 g/mol. The van der Waals surface area contributed by atoms with Crippen LogP contribution in [0.2, 0.25) is 0 Å². The molecule has 4 fully saturated rings. The van der Waals surface area contributed by atoms with E-state index in [1.165, 1.54) is 11.0 Å². The quantitative estimate of drug-likeness (QED) is 0.773. The molecule has 0 saturated carbocycles. The molecule has 0 aliphatic carbocycles. The largest absolute Gasteiger partial charge is 0.417 e. The highest BCUT2D eigenvalue weighted by Gasteiger charge is 2.81. The molecule has 1 aromatic carbocycles. The Bertz CT molecular complexity index is 975. The summed E-state index contributed by atoms with van der Waals surface area (Å²) in [6.07, 6.45) is -4.69. The molecule has 0 radical (unpaired) electrons. The van der Waals surface area contributed by atoms with Crippen LogP contribution in [0.4, 0.5) is 18.9 Å². The third-order valence-corrected chi connectivity index (χ3v) is 7.26. The number of fused-ring (bicyclic) bond motifs is 2. The topological polar surface area (TPSA) is 82.8 Å². The van der Waals surface area contributed by atoms with Crippen molar-refractivity contribution in [1.82, 2.24) is 0 Å². The number of nitriles is 1. The van der Waals surface area contributed by atoms with Crippen molar-refractivity contribution in [2.24, 2.45) is 11.8 Å². The molecule has 4 saturated heterocycles. The number of carbonyl (C=O) groups excluding carboxylic acids is 1. The summed E-state index contributed by atoms with van der Waals surface area (Å²) >= 11 is 0. The first-order valence-electron chi connectivity index (χ1n) is 9.45. The smallest absolute Gasteiger partial charge is 0.390 e. The predicted octanol–water partition coefficient (Wildman–Crippen LogP) is 2.58. The second-order valence-electron chi connectivity index (χ2n) is 8.69. The Kier molecular flexibility index (Phi) is 3.45. The molecule has 5 rings (SSSR count). The van der Waals surface area contributed by atoms with Gasteiger partial charge in [0.1, 0.15) is 5.60 Å². The van der Waals surface area contributed by atoms with Crippen LogP contribution >= 0.6 is 0 Å². The minimum Gasteiger partial charge on any atom is -0.390 e. The highest BCUT2D eigenvalue weighted by atomic mass is 19.4. The summed E-state index contributed by atoms with van der Waals surface area (Å²) in [5.74, 6) is -1.56. The molecule has 4 aliphatic heterocycles. The molecule has 6 atom stereocenters. The van der Waals surface area contributed by atoms with Crippen LogP contribution in [0.3, 0.4) is 0 Å². The van der Waals surface area contributed by atoms with Gasteiger partial charge in [0.25, 0.3) is 0 Å². The number of amides is 1. The standard InChI is InChI=1S/C20H19F3N2O4/c1-17-13(26)8-19(29-17)5-6-28-18(2)15(19)14(17)16(27)25(18)11-4-3-10(9-24)12(7-11)20(21,22)23/h3-4,7,13-15,26H,5-6,8H2,1-2H3/t13-,14-,15+,17-,18+,19+/m1/s1. The van der Waals surface area contributed by atoms with E-state index in [4.69, 9.17) is 14.7 Å². The Balaban J connectivity index is 1.67. The minimum absolute atomic E-state index is 0.0211. The zero-order valence-electron chi connectivity index (χ0n) is 15.8. The average molecular weight is 408 g/mol. The Hall–Kier alpha value is -2.15. The molecule has 4 heterocycles. The van der Waals surface area contributed by atoms with Crippen LogP contribution in [0.5, 0.6) is 0 Å². The summed E-state index contributed by atoms with van der Waals surface area (Å²) in [6, 6.07) is 4.79. The van der Waals surface area contributed by atoms with E-state index in [0.29, 0.717) is 12.8 Å². The molecule has 1 spiro atoms. The average Bonchev–Trinajstić information content (AvgIpc) is 3.15. The highest BCUT2D eigenvalue weighted by molar-refractivity contribution is 6.01. The lowest BCUT2D eigenvalue weighted by Crippen LogP contribution is -2.60. The third-order valence-electron chi connectivity index (χ3n) is 7.26. The molecule has 1 N–H and O–H groups in total. The van der Waals surface area contributed by atoms with Crippen LogP contribution in [0.1, 0.15) is 37.8 Å². The summed E-state index contributed by atoms with van der Waals surface area (Å²) in [5.41, 5.74) is -4.63. The van der Waals surface area contributed by atoms with Gasteiger partial charge in [0.15, 0.2) is 5.72 Å². The van der Waals surface area contributed by atoms with Gasteiger partial charge in [-0.2, -0.15) is 18.4 Å². The summed E-state index contributed by atoms with van der Waals surface area (Å²) in [5, 5.41) is 19.6. The van der Waals surface area contributed by atoms with Crippen molar-refractivity contribution in [2.45, 2.75) is 55.9 Å². The zero-order chi connectivity index (χ0) is 21.0. The van der Waals surface area contributed by atoms with Gasteiger partial charge in [-0.05, 0) is 32.0 Å². The number of benzene rings is 1. The van der Waals surface area contributed by atoms with Gasteiger partial charge in [-0.1, -0.05) is 0 Å². The number of nitrogens with zero attached hydrogens (tertiary/aromatic N) is 2. The van der Waals surface area contributed by atoms with Crippen molar-refractivity contribution in [2.75, 3.05) is 11.5 Å². The fraction of sp³-hybridized carbons (Fsp3) is 0.600. The maximum absolute atomic E-state index is 13.5. The van der Waals surface area contributed by atoms with E-state index in [9.17, 15) is 23.1 Å². The normalized spacial score (nSPS) is 42.9. The van der Waals surface area contributed by atoms with Gasteiger partial charge in [-0.3, -0.25) is 9.69 Å². The lowest BCUT2D eigenvalue weighted by molar-refractivity contribution is -0.175. The highest BCUT2D eigenvalue weighted by Crippen LogP contribution is 2.68. The molecule has 2 bridgehead atoms. The molecule has 6 nitrogen and oxygen atoms in total. The number of aliphatic hydroxyl groups excluding tert-OH is 1. The number of hydrogen-bond acceptors (Lipinski definition) is 5. The van der Waals surface area contributed by atoms with Crippen LogP contribution in [0.25, 0.3) is 0 Å². The van der Waals surface area contributed by atoms with Gasteiger partial charge in [-0.15, -0.1) is 0 Å². The molecule has 1 amide bonds. The first kappa shape index (κ1) is 18.9. The number of halogens is 3. The fourth-order valence-electron chi connectivity index (χ4n) is 6.14. The van der Waals surface area contributed by atoms with Gasteiger partial charge < -0.3 is 14.6 Å². The Labute approximate surface area is 164 Å². The predicted molar refractivity (Wildman–Crippen MR) is 92.4 cm³/mol. The van der Waals surface area contributed by atoms with E-state index in [1.807, 2.05) is 0 Å². The summed E-state index contributed by atoms with van der Waals surface area (Å²) < 4.78 is 52.7. The minimum atomic E-state index is -4.74. The molecule has 4 aliphatic rings. The third kappa shape index (κ3) is 2.09. The Morgan fingerprint density at radius 3 is 2.72 bits per heavy atom. The van der Waals surface area contributed by atoms with E-state index in [2.05, 4.69) is 0 Å². The van der Waals surface area contributed by atoms with Gasteiger partial charge >= 0.3 is 6.18 Å². The van der Waals surface area contributed by atoms with Crippen LogP contribution in [-0.2, 0) is 20.4 Å². The van der Waals surface area contributed by atoms with Crippen molar-refractivity contribution in [3.8, 4) is 6.07 Å². The number of rotatable bonds is 1. The van der Waals surface area contributed by atoms with Gasteiger partial charge in [0, 0.05) is 18.5 Å². The van der Waals surface area contributed by atoms with Gasteiger partial charge in [-0.25, -0.2) is 0 Å².